The molecule has 156 valence electrons. The molecule has 0 saturated carbocycles. The SMILES string of the molecule is COC(=O)c1sc(C=O)c(Cc2cc(F)ccc2Cl)c1N(C)C(=O)OC(C)(C)C. The Labute approximate surface area is 177 Å². The molecule has 0 atom stereocenters. The number of esters is 1. The van der Waals surface area contributed by atoms with E-state index >= 15 is 0 Å². The number of carbonyl (C=O) groups is 3. The zero-order chi connectivity index (χ0) is 21.9. The largest absolute Gasteiger partial charge is 0.465 e. The van der Waals surface area contributed by atoms with E-state index in [1.807, 2.05) is 0 Å². The lowest BCUT2D eigenvalue weighted by Gasteiger charge is -2.25. The van der Waals surface area contributed by atoms with E-state index in [1.54, 1.807) is 20.8 Å². The summed E-state index contributed by atoms with van der Waals surface area (Å²) in [5, 5.41) is 0.292. The van der Waals surface area contributed by atoms with Crippen LogP contribution in [0, 0.1) is 5.82 Å². The standard InChI is InChI=1S/C20H21ClFNO5S/c1-20(2,3)28-19(26)23(4)16-13(9-11-8-12(22)6-7-14(11)21)15(10-24)29-17(16)18(25)27-5/h6-8,10H,9H2,1-5H3. The van der Waals surface area contributed by atoms with Crippen LogP contribution in [0.2, 0.25) is 5.02 Å². The van der Waals surface area contributed by atoms with Crippen LogP contribution in [0.1, 0.15) is 51.2 Å². The minimum atomic E-state index is -0.772. The third-order valence-corrected chi connectivity index (χ3v) is 5.36. The van der Waals surface area contributed by atoms with Crippen LogP contribution in [-0.4, -0.2) is 38.1 Å². The van der Waals surface area contributed by atoms with E-state index in [0.717, 1.165) is 16.2 Å². The summed E-state index contributed by atoms with van der Waals surface area (Å²) in [6, 6.07) is 3.86. The number of aldehydes is 1. The third-order valence-electron chi connectivity index (χ3n) is 3.87. The summed E-state index contributed by atoms with van der Waals surface area (Å²) in [7, 11) is 2.62. The highest BCUT2D eigenvalue weighted by Gasteiger charge is 2.31. The molecule has 2 aromatic rings. The molecule has 9 heteroatoms. The number of carbonyl (C=O) groups excluding carboxylic acids is 3. The molecule has 6 nitrogen and oxygen atoms in total. The van der Waals surface area contributed by atoms with Crippen LogP contribution >= 0.6 is 22.9 Å². The molecule has 0 spiro atoms. The minimum Gasteiger partial charge on any atom is -0.465 e. The number of halogens is 2. The van der Waals surface area contributed by atoms with Crippen molar-refractivity contribution in [3.8, 4) is 0 Å². The van der Waals surface area contributed by atoms with Crippen LogP contribution in [0.25, 0.3) is 0 Å². The lowest BCUT2D eigenvalue weighted by Crippen LogP contribution is -2.35. The summed E-state index contributed by atoms with van der Waals surface area (Å²) in [5.74, 6) is -1.21. The zero-order valence-corrected chi connectivity index (χ0v) is 18.2. The first-order chi connectivity index (χ1) is 13.5. The first-order valence-electron chi connectivity index (χ1n) is 8.58. The van der Waals surface area contributed by atoms with E-state index in [2.05, 4.69) is 0 Å². The average Bonchev–Trinajstić information content (AvgIpc) is 3.00. The highest BCUT2D eigenvalue weighted by Crippen LogP contribution is 2.38. The number of thiophene rings is 1. The Balaban J connectivity index is 2.63. The second-order valence-electron chi connectivity index (χ2n) is 7.18. The lowest BCUT2D eigenvalue weighted by atomic mass is 10.0. The van der Waals surface area contributed by atoms with Gasteiger partial charge in [-0.1, -0.05) is 11.6 Å². The van der Waals surface area contributed by atoms with Gasteiger partial charge in [-0.2, -0.15) is 0 Å². The molecule has 0 N–H and O–H groups in total. The quantitative estimate of drug-likeness (QED) is 0.476. The Morgan fingerprint density at radius 1 is 1.31 bits per heavy atom. The molecule has 0 bridgehead atoms. The molecule has 0 radical (unpaired) electrons. The Morgan fingerprint density at radius 2 is 1.97 bits per heavy atom. The Kier molecular flexibility index (Phi) is 7.02. The van der Waals surface area contributed by atoms with Crippen LogP contribution in [-0.2, 0) is 15.9 Å². The fourth-order valence-electron chi connectivity index (χ4n) is 2.62. The topological polar surface area (TPSA) is 72.9 Å². The first-order valence-corrected chi connectivity index (χ1v) is 9.77. The predicted molar refractivity (Wildman–Crippen MR) is 110 cm³/mol. The molecule has 0 aliphatic carbocycles. The van der Waals surface area contributed by atoms with E-state index in [4.69, 9.17) is 21.1 Å². The predicted octanol–water partition coefficient (Wildman–Crippen LogP) is 5.10. The summed E-state index contributed by atoms with van der Waals surface area (Å²) in [6.07, 6.45) is -0.114. The van der Waals surface area contributed by atoms with Crippen molar-refractivity contribution in [3.05, 3.63) is 49.9 Å². The number of nitrogens with zero attached hydrogens (tertiary/aromatic N) is 1. The Morgan fingerprint density at radius 3 is 2.52 bits per heavy atom. The second-order valence-corrected chi connectivity index (χ2v) is 8.64. The first kappa shape index (κ1) is 22.8. The molecule has 0 fully saturated rings. The molecule has 1 amide bonds. The average molecular weight is 442 g/mol. The summed E-state index contributed by atoms with van der Waals surface area (Å²) < 4.78 is 23.9. The molecule has 1 heterocycles. The molecule has 29 heavy (non-hydrogen) atoms. The number of ether oxygens (including phenoxy) is 2. The van der Waals surface area contributed by atoms with Gasteiger partial charge >= 0.3 is 12.1 Å². The Hall–Kier alpha value is -2.45. The van der Waals surface area contributed by atoms with E-state index in [9.17, 15) is 18.8 Å². The van der Waals surface area contributed by atoms with E-state index in [0.29, 0.717) is 22.4 Å². The van der Waals surface area contributed by atoms with Crippen molar-refractivity contribution in [1.29, 1.82) is 0 Å². The van der Waals surface area contributed by atoms with Crippen molar-refractivity contribution in [2.45, 2.75) is 32.8 Å². The molecule has 0 aliphatic rings. The number of methoxy groups -OCH3 is 1. The molecule has 2 rings (SSSR count). The van der Waals surface area contributed by atoms with Gasteiger partial charge in [0, 0.05) is 24.1 Å². The number of anilines is 1. The van der Waals surface area contributed by atoms with Gasteiger partial charge in [0.05, 0.1) is 17.7 Å². The summed E-state index contributed by atoms with van der Waals surface area (Å²) in [6.45, 7) is 5.12. The number of benzene rings is 1. The van der Waals surface area contributed by atoms with Crippen LogP contribution in [0.15, 0.2) is 18.2 Å². The van der Waals surface area contributed by atoms with Gasteiger partial charge in [0.25, 0.3) is 0 Å². The van der Waals surface area contributed by atoms with Gasteiger partial charge in [-0.3, -0.25) is 9.69 Å². The summed E-state index contributed by atoms with van der Waals surface area (Å²) >= 11 is 7.05. The molecule has 0 saturated heterocycles. The van der Waals surface area contributed by atoms with Crippen molar-refractivity contribution >= 4 is 47.0 Å². The number of hydrogen-bond donors (Lipinski definition) is 0. The highest BCUT2D eigenvalue weighted by atomic mass is 35.5. The molecular weight excluding hydrogens is 421 g/mol. The van der Waals surface area contributed by atoms with E-state index < -0.39 is 23.5 Å². The van der Waals surface area contributed by atoms with E-state index in [1.165, 1.54) is 32.4 Å². The van der Waals surface area contributed by atoms with Crippen LogP contribution in [0.3, 0.4) is 0 Å². The molecule has 1 aromatic heterocycles. The van der Waals surface area contributed by atoms with Gasteiger partial charge in [0.1, 0.15) is 16.3 Å². The van der Waals surface area contributed by atoms with Gasteiger partial charge < -0.3 is 9.47 Å². The number of hydrogen-bond acceptors (Lipinski definition) is 6. The van der Waals surface area contributed by atoms with Crippen molar-refractivity contribution in [3.63, 3.8) is 0 Å². The fourth-order valence-corrected chi connectivity index (χ4v) is 3.88. The fraction of sp³-hybridized carbons (Fsp3) is 0.350. The smallest absolute Gasteiger partial charge is 0.414 e. The lowest BCUT2D eigenvalue weighted by molar-refractivity contribution is 0.0588. The van der Waals surface area contributed by atoms with Gasteiger partial charge in [0.2, 0.25) is 0 Å². The van der Waals surface area contributed by atoms with Crippen LogP contribution in [0.4, 0.5) is 14.9 Å². The monoisotopic (exact) mass is 441 g/mol. The number of amides is 1. The normalized spacial score (nSPS) is 11.1. The van der Waals surface area contributed by atoms with Gasteiger partial charge in [-0.25, -0.2) is 14.0 Å². The molecule has 0 unspecified atom stereocenters. The maximum Gasteiger partial charge on any atom is 0.414 e. The molecule has 0 aliphatic heterocycles. The number of rotatable bonds is 5. The van der Waals surface area contributed by atoms with Gasteiger partial charge in [-0.15, -0.1) is 11.3 Å². The second kappa shape index (κ2) is 8.92. The van der Waals surface area contributed by atoms with Gasteiger partial charge in [-0.05, 0) is 44.5 Å². The third kappa shape index (κ3) is 5.33. The molecular formula is C20H21ClFNO5S. The molecule has 1 aromatic carbocycles. The zero-order valence-electron chi connectivity index (χ0n) is 16.7. The maximum atomic E-state index is 13.7. The van der Waals surface area contributed by atoms with Crippen molar-refractivity contribution in [1.82, 2.24) is 0 Å². The van der Waals surface area contributed by atoms with E-state index in [-0.39, 0.29) is 21.9 Å². The summed E-state index contributed by atoms with van der Waals surface area (Å²) in [4.78, 5) is 38.0. The Bertz CT molecular complexity index is 951. The van der Waals surface area contributed by atoms with Crippen molar-refractivity contribution < 1.29 is 28.2 Å². The van der Waals surface area contributed by atoms with Crippen LogP contribution < -0.4 is 4.90 Å². The van der Waals surface area contributed by atoms with Crippen molar-refractivity contribution in [2.24, 2.45) is 0 Å². The highest BCUT2D eigenvalue weighted by molar-refractivity contribution is 7.16. The van der Waals surface area contributed by atoms with Gasteiger partial charge in [0.15, 0.2) is 6.29 Å². The van der Waals surface area contributed by atoms with Crippen LogP contribution in [0.5, 0.6) is 0 Å². The minimum absolute atomic E-state index is 0.0284. The maximum absolute atomic E-state index is 13.7. The van der Waals surface area contributed by atoms with Crippen molar-refractivity contribution in [2.75, 3.05) is 19.1 Å². The summed E-state index contributed by atoms with van der Waals surface area (Å²) in [5.41, 5.74) is 0.152.